The van der Waals surface area contributed by atoms with Crippen LogP contribution < -0.4 is 0 Å². The number of benzene rings is 9. The average Bonchev–Trinajstić information content (AvgIpc) is 3.96. The summed E-state index contributed by atoms with van der Waals surface area (Å²) in [7, 11) is 0. The summed E-state index contributed by atoms with van der Waals surface area (Å²) in [5, 5.41) is 9.87. The van der Waals surface area contributed by atoms with Gasteiger partial charge in [0.1, 0.15) is 0 Å². The van der Waals surface area contributed by atoms with Gasteiger partial charge in [0, 0.05) is 42.7 Å². The number of pyridine rings is 1. The third kappa shape index (κ3) is 4.78. The van der Waals surface area contributed by atoms with Crippen LogP contribution in [0.3, 0.4) is 0 Å². The number of aromatic nitrogens is 3. The molecule has 0 bridgehead atoms. The van der Waals surface area contributed by atoms with Crippen molar-refractivity contribution in [2.24, 2.45) is 0 Å². The van der Waals surface area contributed by atoms with Crippen LogP contribution in [-0.4, -0.2) is 14.1 Å². The van der Waals surface area contributed by atoms with Crippen molar-refractivity contribution >= 4 is 96.9 Å². The molecule has 0 N–H and O–H groups in total. The highest BCUT2D eigenvalue weighted by Gasteiger charge is 2.22. The van der Waals surface area contributed by atoms with E-state index in [0.29, 0.717) is 0 Å². The fourth-order valence-electron chi connectivity index (χ4n) is 9.61. The van der Waals surface area contributed by atoms with Gasteiger partial charge in [-0.1, -0.05) is 140 Å². The Balaban J connectivity index is 1.04. The Kier molecular flexibility index (Phi) is 6.89. The first-order valence-corrected chi connectivity index (χ1v) is 20.9. The van der Waals surface area contributed by atoms with E-state index in [0.717, 1.165) is 22.1 Å². The molecule has 274 valence electrons. The second kappa shape index (κ2) is 12.5. The molecule has 0 unspecified atom stereocenters. The molecule has 4 heterocycles. The second-order valence-electron chi connectivity index (χ2n) is 15.5. The van der Waals surface area contributed by atoms with E-state index < -0.39 is 0 Å². The molecule has 0 aliphatic rings. The molecular weight excluding hydrogens is 735 g/mol. The minimum absolute atomic E-state index is 1.01. The van der Waals surface area contributed by atoms with Crippen molar-refractivity contribution in [3.8, 4) is 33.6 Å². The van der Waals surface area contributed by atoms with Crippen LogP contribution in [0, 0.1) is 0 Å². The highest BCUT2D eigenvalue weighted by Crippen LogP contribution is 2.45. The zero-order chi connectivity index (χ0) is 38.6. The first kappa shape index (κ1) is 32.5. The van der Waals surface area contributed by atoms with Crippen molar-refractivity contribution in [2.45, 2.75) is 0 Å². The Morgan fingerprint density at radius 3 is 1.80 bits per heavy atom. The van der Waals surface area contributed by atoms with Gasteiger partial charge in [0.2, 0.25) is 0 Å². The van der Waals surface area contributed by atoms with E-state index in [2.05, 4.69) is 209 Å². The van der Waals surface area contributed by atoms with Gasteiger partial charge in [-0.05, 0) is 93.7 Å². The standard InChI is InChI=1S/C55H33N3S/c1-2-12-34(13-3-1)35-22-27-39(28-23-35)57-49-30-26-38(33-45(49)52-40-15-5-4-14-36(40)24-31-50(52)57)37-25-29-48-44(32-37)41-16-7-10-20-47(41)58(48)54-42-17-6-9-19-46(42)56-53-43-18-8-11-21-51(43)59-55(53)54/h1-33H. The molecule has 59 heavy (non-hydrogen) atoms. The molecule has 0 saturated heterocycles. The number of hydrogen-bond acceptors (Lipinski definition) is 2. The number of para-hydroxylation sites is 2. The van der Waals surface area contributed by atoms with Crippen molar-refractivity contribution in [3.05, 3.63) is 200 Å². The predicted octanol–water partition coefficient (Wildman–Crippen LogP) is 15.3. The van der Waals surface area contributed by atoms with E-state index in [9.17, 15) is 0 Å². The largest absolute Gasteiger partial charge is 0.309 e. The average molecular weight is 768 g/mol. The van der Waals surface area contributed by atoms with Crippen LogP contribution in [-0.2, 0) is 0 Å². The van der Waals surface area contributed by atoms with Gasteiger partial charge >= 0.3 is 0 Å². The summed E-state index contributed by atoms with van der Waals surface area (Å²) in [5.41, 5.74) is 14.0. The molecule has 3 nitrogen and oxygen atoms in total. The lowest BCUT2D eigenvalue weighted by atomic mass is 9.99. The quantitative estimate of drug-likeness (QED) is 0.175. The minimum atomic E-state index is 1.01. The summed E-state index contributed by atoms with van der Waals surface area (Å²) in [6, 6.07) is 73.1. The molecule has 0 saturated carbocycles. The normalized spacial score (nSPS) is 12.1. The van der Waals surface area contributed by atoms with Gasteiger partial charge in [-0.25, -0.2) is 4.98 Å². The molecule has 0 spiro atoms. The van der Waals surface area contributed by atoms with Crippen LogP contribution in [0.2, 0.25) is 0 Å². The predicted molar refractivity (Wildman–Crippen MR) is 252 cm³/mol. The van der Waals surface area contributed by atoms with Crippen molar-refractivity contribution < 1.29 is 0 Å². The highest BCUT2D eigenvalue weighted by atomic mass is 32.1. The molecule has 0 aliphatic heterocycles. The Bertz CT molecular complexity index is 3830. The van der Waals surface area contributed by atoms with Gasteiger partial charge in [0.25, 0.3) is 0 Å². The number of nitrogens with zero attached hydrogens (tertiary/aromatic N) is 3. The number of hydrogen-bond donors (Lipinski definition) is 0. The minimum Gasteiger partial charge on any atom is -0.309 e. The van der Waals surface area contributed by atoms with Crippen LogP contribution >= 0.6 is 11.3 Å². The smallest absolute Gasteiger partial charge is 0.0917 e. The SMILES string of the molecule is c1ccc(-c2ccc(-n3c4ccc(-c5ccc6c(c5)c5ccccc5n6-c5c6ccccc6nc6c5sc5ccccc56)cc4c4c5ccccc5ccc43)cc2)cc1. The lowest BCUT2D eigenvalue weighted by Crippen LogP contribution is -1.97. The first-order chi connectivity index (χ1) is 29.3. The molecule has 0 amide bonds. The first-order valence-electron chi connectivity index (χ1n) is 20.1. The molecule has 9 aromatic carbocycles. The van der Waals surface area contributed by atoms with Crippen molar-refractivity contribution in [3.63, 3.8) is 0 Å². The molecule has 13 aromatic rings. The molecule has 0 atom stereocenters. The molecule has 13 rings (SSSR count). The molecule has 0 fully saturated rings. The monoisotopic (exact) mass is 767 g/mol. The molecule has 0 aliphatic carbocycles. The lowest BCUT2D eigenvalue weighted by molar-refractivity contribution is 1.18. The Labute approximate surface area is 343 Å². The third-order valence-corrected chi connectivity index (χ3v) is 13.5. The zero-order valence-electron chi connectivity index (χ0n) is 31.8. The highest BCUT2D eigenvalue weighted by molar-refractivity contribution is 7.26. The van der Waals surface area contributed by atoms with Crippen molar-refractivity contribution in [1.82, 2.24) is 14.1 Å². The fourth-order valence-corrected chi connectivity index (χ4v) is 10.8. The summed E-state index contributed by atoms with van der Waals surface area (Å²) >= 11 is 1.84. The summed E-state index contributed by atoms with van der Waals surface area (Å²) in [6.45, 7) is 0. The summed E-state index contributed by atoms with van der Waals surface area (Å²) < 4.78 is 7.38. The van der Waals surface area contributed by atoms with Crippen LogP contribution in [0.5, 0.6) is 0 Å². The number of fused-ring (bicyclic) bond motifs is 12. The van der Waals surface area contributed by atoms with Crippen LogP contribution in [0.25, 0.3) is 119 Å². The molecule has 4 heteroatoms. The van der Waals surface area contributed by atoms with E-state index >= 15 is 0 Å². The molecule has 4 aromatic heterocycles. The summed E-state index contributed by atoms with van der Waals surface area (Å²) in [4.78, 5) is 5.25. The van der Waals surface area contributed by atoms with Gasteiger partial charge in [0.05, 0.1) is 43.5 Å². The third-order valence-electron chi connectivity index (χ3n) is 12.3. The Morgan fingerprint density at radius 1 is 0.373 bits per heavy atom. The summed E-state index contributed by atoms with van der Waals surface area (Å²) in [6.07, 6.45) is 0. The number of rotatable bonds is 4. The van der Waals surface area contributed by atoms with E-state index in [1.807, 2.05) is 11.3 Å². The zero-order valence-corrected chi connectivity index (χ0v) is 32.6. The van der Waals surface area contributed by atoms with Gasteiger partial charge in [-0.15, -0.1) is 11.3 Å². The summed E-state index contributed by atoms with van der Waals surface area (Å²) in [5.74, 6) is 0. The van der Waals surface area contributed by atoms with Gasteiger partial charge < -0.3 is 9.13 Å². The fraction of sp³-hybridized carbons (Fsp3) is 0. The van der Waals surface area contributed by atoms with Crippen LogP contribution in [0.15, 0.2) is 200 Å². The van der Waals surface area contributed by atoms with E-state index in [1.54, 1.807) is 0 Å². The van der Waals surface area contributed by atoms with E-state index in [4.69, 9.17) is 4.98 Å². The van der Waals surface area contributed by atoms with Gasteiger partial charge in [-0.2, -0.15) is 0 Å². The molecule has 0 radical (unpaired) electrons. The van der Waals surface area contributed by atoms with E-state index in [-0.39, 0.29) is 0 Å². The molecular formula is C55H33N3S. The Morgan fingerprint density at radius 2 is 0.966 bits per heavy atom. The Hall–Kier alpha value is -7.53. The van der Waals surface area contributed by atoms with E-state index in [1.165, 1.54) is 97.1 Å². The van der Waals surface area contributed by atoms with Crippen LogP contribution in [0.1, 0.15) is 0 Å². The lowest BCUT2D eigenvalue weighted by Gasteiger charge is -2.13. The second-order valence-corrected chi connectivity index (χ2v) is 16.6. The topological polar surface area (TPSA) is 22.8 Å². The van der Waals surface area contributed by atoms with Crippen LogP contribution in [0.4, 0.5) is 0 Å². The maximum absolute atomic E-state index is 5.25. The van der Waals surface area contributed by atoms with Gasteiger partial charge in [-0.3, -0.25) is 0 Å². The maximum Gasteiger partial charge on any atom is 0.0917 e. The maximum atomic E-state index is 5.25. The van der Waals surface area contributed by atoms with Crippen molar-refractivity contribution in [2.75, 3.05) is 0 Å². The van der Waals surface area contributed by atoms with Gasteiger partial charge in [0.15, 0.2) is 0 Å². The number of thiophene rings is 1. The van der Waals surface area contributed by atoms with Crippen molar-refractivity contribution in [1.29, 1.82) is 0 Å².